The summed E-state index contributed by atoms with van der Waals surface area (Å²) in [5.41, 5.74) is 0.344. The molecule has 148 valence electrons. The highest BCUT2D eigenvalue weighted by Crippen LogP contribution is 2.34. The summed E-state index contributed by atoms with van der Waals surface area (Å²) in [6.45, 7) is 0. The zero-order valence-electron chi connectivity index (χ0n) is 15.5. The molecule has 1 saturated carbocycles. The Hall–Kier alpha value is -2.97. The van der Waals surface area contributed by atoms with Crippen LogP contribution in [-0.4, -0.2) is 50.4 Å². The number of carbonyl (C=O) groups is 3. The average molecular weight is 380 g/mol. The molecule has 1 aliphatic carbocycles. The van der Waals surface area contributed by atoms with Gasteiger partial charge in [0, 0.05) is 18.2 Å². The third-order valence-electron chi connectivity index (χ3n) is 4.59. The molecular formula is C18H24N2O7. The fourth-order valence-corrected chi connectivity index (χ4v) is 3.09. The Labute approximate surface area is 157 Å². The molecule has 0 saturated heterocycles. The molecule has 1 aromatic carbocycles. The maximum Gasteiger partial charge on any atom is 0.340 e. The van der Waals surface area contributed by atoms with E-state index in [4.69, 9.17) is 19.3 Å². The second kappa shape index (κ2) is 9.11. The first-order valence-corrected chi connectivity index (χ1v) is 8.54. The van der Waals surface area contributed by atoms with Gasteiger partial charge in [-0.25, -0.2) is 9.59 Å². The highest BCUT2D eigenvalue weighted by Gasteiger charge is 2.27. The van der Waals surface area contributed by atoms with Crippen molar-refractivity contribution in [2.45, 2.75) is 31.7 Å². The van der Waals surface area contributed by atoms with Gasteiger partial charge in [-0.2, -0.15) is 0 Å². The molecule has 0 spiro atoms. The molecule has 1 aliphatic rings. The van der Waals surface area contributed by atoms with Crippen LogP contribution in [0.2, 0.25) is 0 Å². The molecule has 1 aromatic rings. The van der Waals surface area contributed by atoms with Crippen molar-refractivity contribution >= 4 is 23.7 Å². The van der Waals surface area contributed by atoms with Gasteiger partial charge < -0.3 is 30.0 Å². The lowest BCUT2D eigenvalue weighted by molar-refractivity contribution is -0.142. The summed E-state index contributed by atoms with van der Waals surface area (Å²) >= 11 is 0. The molecule has 2 rings (SSSR count). The second-order valence-electron chi connectivity index (χ2n) is 6.23. The van der Waals surface area contributed by atoms with E-state index >= 15 is 0 Å². The first kappa shape index (κ1) is 20.3. The van der Waals surface area contributed by atoms with E-state index in [0.29, 0.717) is 37.2 Å². The molecule has 9 nitrogen and oxygen atoms in total. The van der Waals surface area contributed by atoms with Crippen LogP contribution in [0.1, 0.15) is 36.0 Å². The number of nitrogens with one attached hydrogen (secondary N) is 2. The summed E-state index contributed by atoms with van der Waals surface area (Å²) < 4.78 is 15.1. The SMILES string of the molecule is COC(=O)c1cc(OC)c(OC)cc1NC(=O)NC1CCC(C(=O)O)CC1. The minimum absolute atomic E-state index is 0.123. The molecule has 0 bridgehead atoms. The molecule has 27 heavy (non-hydrogen) atoms. The predicted octanol–water partition coefficient (Wildman–Crippen LogP) is 2.26. The number of carboxylic acid groups (broad SMARTS) is 1. The van der Waals surface area contributed by atoms with Gasteiger partial charge in [0.25, 0.3) is 0 Å². The van der Waals surface area contributed by atoms with Crippen LogP contribution in [0.25, 0.3) is 0 Å². The van der Waals surface area contributed by atoms with Crippen molar-refractivity contribution in [2.24, 2.45) is 5.92 Å². The Balaban J connectivity index is 2.10. The second-order valence-corrected chi connectivity index (χ2v) is 6.23. The summed E-state index contributed by atoms with van der Waals surface area (Å²) in [5.74, 6) is -1.11. The lowest BCUT2D eigenvalue weighted by Gasteiger charge is -2.27. The highest BCUT2D eigenvalue weighted by atomic mass is 16.5. The summed E-state index contributed by atoms with van der Waals surface area (Å²) in [6, 6.07) is 2.29. The number of anilines is 1. The molecule has 3 N–H and O–H groups in total. The summed E-state index contributed by atoms with van der Waals surface area (Å²) in [5, 5.41) is 14.5. The van der Waals surface area contributed by atoms with Gasteiger partial charge in [0.2, 0.25) is 0 Å². The molecule has 9 heteroatoms. The standard InChI is InChI=1S/C18H24N2O7/c1-25-14-8-12(17(23)27-3)13(9-15(14)26-2)20-18(24)19-11-6-4-10(5-7-11)16(21)22/h8-11H,4-7H2,1-3H3,(H,21,22)(H2,19,20,24). The fraction of sp³-hybridized carbons (Fsp3) is 0.500. The van der Waals surface area contributed by atoms with Crippen molar-refractivity contribution < 1.29 is 33.7 Å². The number of carboxylic acids is 1. The van der Waals surface area contributed by atoms with Crippen molar-refractivity contribution in [3.05, 3.63) is 17.7 Å². The Kier molecular flexibility index (Phi) is 6.86. The third kappa shape index (κ3) is 5.02. The molecule has 1 fully saturated rings. The van der Waals surface area contributed by atoms with Gasteiger partial charge in [-0.05, 0) is 25.7 Å². The monoisotopic (exact) mass is 380 g/mol. The van der Waals surface area contributed by atoms with Gasteiger partial charge in [0.1, 0.15) is 0 Å². The summed E-state index contributed by atoms with van der Waals surface area (Å²) in [4.78, 5) is 35.4. The van der Waals surface area contributed by atoms with Crippen LogP contribution in [0.15, 0.2) is 12.1 Å². The number of ether oxygens (including phenoxy) is 3. The maximum absolute atomic E-state index is 12.4. The Morgan fingerprint density at radius 1 is 1.00 bits per heavy atom. The van der Waals surface area contributed by atoms with Gasteiger partial charge >= 0.3 is 18.0 Å². The van der Waals surface area contributed by atoms with E-state index in [1.54, 1.807) is 0 Å². The van der Waals surface area contributed by atoms with Gasteiger partial charge in [0.15, 0.2) is 11.5 Å². The van der Waals surface area contributed by atoms with Crippen LogP contribution in [0.5, 0.6) is 11.5 Å². The number of rotatable bonds is 6. The minimum Gasteiger partial charge on any atom is -0.493 e. The normalized spacial score (nSPS) is 18.9. The molecule has 2 amide bonds. The molecule has 0 unspecified atom stereocenters. The van der Waals surface area contributed by atoms with E-state index < -0.39 is 18.0 Å². The first-order valence-electron chi connectivity index (χ1n) is 8.54. The average Bonchev–Trinajstić information content (AvgIpc) is 2.67. The van der Waals surface area contributed by atoms with Crippen LogP contribution in [0, 0.1) is 5.92 Å². The van der Waals surface area contributed by atoms with E-state index in [1.165, 1.54) is 33.5 Å². The van der Waals surface area contributed by atoms with Gasteiger partial charge in [-0.15, -0.1) is 0 Å². The minimum atomic E-state index is -0.800. The number of hydrogen-bond donors (Lipinski definition) is 3. The fourth-order valence-electron chi connectivity index (χ4n) is 3.09. The molecule has 0 radical (unpaired) electrons. The number of esters is 1. The van der Waals surface area contributed by atoms with Crippen LogP contribution in [0.3, 0.4) is 0 Å². The number of carbonyl (C=O) groups excluding carboxylic acids is 2. The van der Waals surface area contributed by atoms with Crippen LogP contribution < -0.4 is 20.1 Å². The Morgan fingerprint density at radius 3 is 2.11 bits per heavy atom. The Bertz CT molecular complexity index is 712. The van der Waals surface area contributed by atoms with Crippen molar-refractivity contribution in [3.8, 4) is 11.5 Å². The van der Waals surface area contributed by atoms with Crippen molar-refractivity contribution in [2.75, 3.05) is 26.6 Å². The third-order valence-corrected chi connectivity index (χ3v) is 4.59. The van der Waals surface area contributed by atoms with E-state index in [9.17, 15) is 14.4 Å². The summed E-state index contributed by atoms with van der Waals surface area (Å²) in [7, 11) is 4.12. The van der Waals surface area contributed by atoms with Gasteiger partial charge in [-0.3, -0.25) is 4.79 Å². The molecular weight excluding hydrogens is 356 g/mol. The molecule has 0 atom stereocenters. The Morgan fingerprint density at radius 2 is 1.59 bits per heavy atom. The number of aliphatic carboxylic acids is 1. The molecule has 0 aromatic heterocycles. The first-order chi connectivity index (χ1) is 12.9. The largest absolute Gasteiger partial charge is 0.493 e. The number of urea groups is 1. The lowest BCUT2D eigenvalue weighted by atomic mass is 9.86. The van der Waals surface area contributed by atoms with E-state index in [-0.39, 0.29) is 23.2 Å². The zero-order valence-corrected chi connectivity index (χ0v) is 15.5. The number of benzene rings is 1. The number of amides is 2. The topological polar surface area (TPSA) is 123 Å². The van der Waals surface area contributed by atoms with E-state index in [2.05, 4.69) is 10.6 Å². The maximum atomic E-state index is 12.4. The van der Waals surface area contributed by atoms with E-state index in [0.717, 1.165) is 0 Å². The number of hydrogen-bond acceptors (Lipinski definition) is 6. The van der Waals surface area contributed by atoms with Crippen molar-refractivity contribution in [3.63, 3.8) is 0 Å². The lowest BCUT2D eigenvalue weighted by Crippen LogP contribution is -2.41. The van der Waals surface area contributed by atoms with Gasteiger partial charge in [0.05, 0.1) is 38.5 Å². The molecule has 0 aliphatic heterocycles. The van der Waals surface area contributed by atoms with Crippen LogP contribution >= 0.6 is 0 Å². The number of methoxy groups -OCH3 is 3. The van der Waals surface area contributed by atoms with Crippen LogP contribution in [-0.2, 0) is 9.53 Å². The quantitative estimate of drug-likeness (QED) is 0.647. The molecule has 0 heterocycles. The smallest absolute Gasteiger partial charge is 0.340 e. The van der Waals surface area contributed by atoms with Crippen molar-refractivity contribution in [1.82, 2.24) is 5.32 Å². The van der Waals surface area contributed by atoms with Crippen LogP contribution in [0.4, 0.5) is 10.5 Å². The zero-order chi connectivity index (χ0) is 20.0. The van der Waals surface area contributed by atoms with Gasteiger partial charge in [-0.1, -0.05) is 0 Å². The van der Waals surface area contributed by atoms with E-state index in [1.807, 2.05) is 0 Å². The van der Waals surface area contributed by atoms with Crippen molar-refractivity contribution in [1.29, 1.82) is 0 Å². The summed E-state index contributed by atoms with van der Waals surface area (Å²) in [6.07, 6.45) is 2.20. The predicted molar refractivity (Wildman–Crippen MR) is 96.4 cm³/mol. The highest BCUT2D eigenvalue weighted by molar-refractivity contribution is 6.01.